The second-order valence-electron chi connectivity index (χ2n) is 12.4. The zero-order chi connectivity index (χ0) is 36.3. The highest BCUT2D eigenvalue weighted by molar-refractivity contribution is 7.47. The minimum atomic E-state index is -4.65. The van der Waals surface area contributed by atoms with Gasteiger partial charge in [0.05, 0.1) is 31.2 Å². The normalized spacial score (nSPS) is 28.1. The van der Waals surface area contributed by atoms with Crippen LogP contribution in [0.3, 0.4) is 0 Å². The molecule has 21 heteroatoms. The van der Waals surface area contributed by atoms with Crippen LogP contribution in [0.15, 0.2) is 29.7 Å². The van der Waals surface area contributed by atoms with E-state index in [1.54, 1.807) is 18.4 Å². The maximum absolute atomic E-state index is 13.6. The first-order valence-corrected chi connectivity index (χ1v) is 17.4. The summed E-state index contributed by atoms with van der Waals surface area (Å²) in [5, 5.41) is 2.82. The number of imidazole rings is 1. The Bertz CT molecular complexity index is 1740. The number of carbonyl (C=O) groups is 1. The topological polar surface area (TPSA) is 262 Å². The fourth-order valence-corrected chi connectivity index (χ4v) is 7.24. The number of hydrogen-bond acceptors (Lipinski definition) is 16. The molecule has 0 radical (unpaired) electrons. The van der Waals surface area contributed by atoms with Crippen molar-refractivity contribution in [2.45, 2.75) is 89.3 Å². The van der Waals surface area contributed by atoms with Crippen LogP contribution in [0.25, 0.3) is 11.2 Å². The monoisotopic (exact) mass is 725 g/mol. The van der Waals surface area contributed by atoms with Gasteiger partial charge in [-0.2, -0.15) is 4.98 Å². The summed E-state index contributed by atoms with van der Waals surface area (Å²) >= 11 is 0. The van der Waals surface area contributed by atoms with Crippen molar-refractivity contribution in [2.24, 2.45) is 5.92 Å². The summed E-state index contributed by atoms with van der Waals surface area (Å²) in [5.41, 5.74) is 11.7. The number of rotatable bonds is 15. The summed E-state index contributed by atoms with van der Waals surface area (Å²) in [5.74, 6) is -0.734. The lowest BCUT2D eigenvalue weighted by atomic mass is 9.93. The fourth-order valence-electron chi connectivity index (χ4n) is 6.09. The van der Waals surface area contributed by atoms with Crippen molar-refractivity contribution in [3.05, 3.63) is 35.4 Å². The van der Waals surface area contributed by atoms with Crippen molar-refractivity contribution in [3.8, 4) is 0 Å². The van der Waals surface area contributed by atoms with Gasteiger partial charge in [-0.25, -0.2) is 24.3 Å². The first-order valence-electron chi connectivity index (χ1n) is 15.9. The minimum Gasteiger partial charge on any atom is -0.383 e. The maximum atomic E-state index is 13.6. The molecule has 2 saturated heterocycles. The van der Waals surface area contributed by atoms with Crippen LogP contribution in [0.1, 0.15) is 46.6 Å². The third-order valence-corrected chi connectivity index (χ3v) is 9.42. The van der Waals surface area contributed by atoms with Crippen molar-refractivity contribution < 1.29 is 47.0 Å². The number of carbonyl (C=O) groups excluding carboxylic acids is 1. The molecule has 5 rings (SSSR count). The number of methoxy groups -OCH3 is 2. The molecule has 2 aliphatic rings. The molecule has 3 aromatic rings. The van der Waals surface area contributed by atoms with Crippen LogP contribution in [0.4, 0.5) is 11.6 Å². The van der Waals surface area contributed by atoms with E-state index in [2.05, 4.69) is 25.3 Å². The average molecular weight is 726 g/mol. The van der Waals surface area contributed by atoms with Gasteiger partial charge in [0.25, 0.3) is 0 Å². The molecule has 3 aromatic heterocycles. The first kappa shape index (κ1) is 37.7. The standard InChI is InChI=1S/C29H44N9O11P/c1-14(2)45-11-18-16(22(43-5)27(47-18)38-13-35-21-25(31)33-12-34-26(21)38)9-20(39)32-10-17-23(49-50(41,42)48-15(3)4)24(44-6)28(46-17)37-8-7-19(30)36-29(37)40/h7-8,12-18,22-24,27-28H,9-11H2,1-6H3,(H,32,39)(H,41,42)(H2,30,36,40)(H2,31,33,34)/t16-,17-,18-,22-,23-,24-,27-,28-/m1/s1. The highest BCUT2D eigenvalue weighted by Crippen LogP contribution is 2.49. The number of phosphoric ester groups is 1. The molecule has 0 bridgehead atoms. The molecule has 9 atom stereocenters. The maximum Gasteiger partial charge on any atom is 0.472 e. The molecule has 20 nitrogen and oxygen atoms in total. The predicted octanol–water partition coefficient (Wildman–Crippen LogP) is 0.531. The smallest absolute Gasteiger partial charge is 0.383 e. The number of nitrogens with one attached hydrogen (secondary N) is 1. The van der Waals surface area contributed by atoms with E-state index in [1.807, 2.05) is 13.8 Å². The van der Waals surface area contributed by atoms with Gasteiger partial charge in [-0.05, 0) is 33.8 Å². The van der Waals surface area contributed by atoms with Gasteiger partial charge in [0.15, 0.2) is 23.9 Å². The van der Waals surface area contributed by atoms with E-state index in [9.17, 15) is 19.0 Å². The summed E-state index contributed by atoms with van der Waals surface area (Å²) in [6.07, 6.45) is -3.20. The zero-order valence-corrected chi connectivity index (χ0v) is 29.4. The highest BCUT2D eigenvalue weighted by Gasteiger charge is 2.51. The van der Waals surface area contributed by atoms with Gasteiger partial charge in [-0.1, -0.05) is 0 Å². The molecular weight excluding hydrogens is 681 g/mol. The van der Waals surface area contributed by atoms with Gasteiger partial charge in [-0.3, -0.25) is 23.0 Å². The van der Waals surface area contributed by atoms with Gasteiger partial charge < -0.3 is 45.4 Å². The molecule has 0 aromatic carbocycles. The molecule has 2 fully saturated rings. The molecule has 1 unspecified atom stereocenters. The average Bonchev–Trinajstić information content (AvgIpc) is 3.71. The predicted molar refractivity (Wildman–Crippen MR) is 175 cm³/mol. The van der Waals surface area contributed by atoms with Gasteiger partial charge in [0.2, 0.25) is 5.91 Å². The van der Waals surface area contributed by atoms with E-state index in [1.165, 1.54) is 39.1 Å². The van der Waals surface area contributed by atoms with Gasteiger partial charge >= 0.3 is 13.5 Å². The Morgan fingerprint density at radius 3 is 2.38 bits per heavy atom. The quantitative estimate of drug-likeness (QED) is 0.156. The van der Waals surface area contributed by atoms with Crippen molar-refractivity contribution >= 4 is 36.5 Å². The molecule has 0 aliphatic carbocycles. The largest absolute Gasteiger partial charge is 0.472 e. The number of aromatic nitrogens is 6. The molecule has 6 N–H and O–H groups in total. The second-order valence-corrected chi connectivity index (χ2v) is 13.8. The van der Waals surface area contributed by atoms with Gasteiger partial charge in [0.1, 0.15) is 42.1 Å². The molecular formula is C29H44N9O11P. The third kappa shape index (κ3) is 8.30. The van der Waals surface area contributed by atoms with Crippen LogP contribution >= 0.6 is 7.82 Å². The lowest BCUT2D eigenvalue weighted by molar-refractivity contribution is -0.124. The third-order valence-electron chi connectivity index (χ3n) is 8.23. The molecule has 5 heterocycles. The van der Waals surface area contributed by atoms with E-state index in [4.69, 9.17) is 44.2 Å². The van der Waals surface area contributed by atoms with Crippen LogP contribution in [0, 0.1) is 5.92 Å². The summed E-state index contributed by atoms with van der Waals surface area (Å²) in [6, 6.07) is 1.39. The number of nitrogens with two attached hydrogens (primary N) is 2. The number of hydrogen-bond donors (Lipinski definition) is 4. The lowest BCUT2D eigenvalue weighted by Crippen LogP contribution is -2.43. The van der Waals surface area contributed by atoms with Crippen molar-refractivity contribution in [1.82, 2.24) is 34.4 Å². The van der Waals surface area contributed by atoms with Crippen LogP contribution in [0.5, 0.6) is 0 Å². The Morgan fingerprint density at radius 1 is 1.02 bits per heavy atom. The summed E-state index contributed by atoms with van der Waals surface area (Å²) < 4.78 is 56.3. The fraction of sp³-hybridized carbons (Fsp3) is 0.655. The van der Waals surface area contributed by atoms with E-state index < -0.39 is 74.4 Å². The van der Waals surface area contributed by atoms with Crippen LogP contribution < -0.4 is 22.5 Å². The number of nitrogens with zero attached hydrogens (tertiary/aromatic N) is 6. The van der Waals surface area contributed by atoms with E-state index in [0.717, 1.165) is 4.57 Å². The van der Waals surface area contributed by atoms with Crippen molar-refractivity contribution in [1.29, 1.82) is 0 Å². The summed E-state index contributed by atoms with van der Waals surface area (Å²) in [7, 11) is -1.81. The van der Waals surface area contributed by atoms with E-state index >= 15 is 0 Å². The number of ether oxygens (including phenoxy) is 5. The molecule has 0 saturated carbocycles. The van der Waals surface area contributed by atoms with Crippen molar-refractivity contribution in [2.75, 3.05) is 38.8 Å². The minimum absolute atomic E-state index is 0.0109. The van der Waals surface area contributed by atoms with Crippen LogP contribution in [-0.2, 0) is 42.1 Å². The van der Waals surface area contributed by atoms with Gasteiger partial charge in [0, 0.05) is 39.3 Å². The van der Waals surface area contributed by atoms with E-state index in [0.29, 0.717) is 11.2 Å². The Morgan fingerprint density at radius 2 is 1.72 bits per heavy atom. The number of phosphoric acid groups is 1. The molecule has 1 amide bonds. The van der Waals surface area contributed by atoms with E-state index in [-0.39, 0.29) is 37.3 Å². The Hall–Kier alpha value is -3.59. The van der Waals surface area contributed by atoms with Crippen LogP contribution in [-0.4, -0.2) is 110 Å². The molecule has 276 valence electrons. The molecule has 50 heavy (non-hydrogen) atoms. The molecule has 2 aliphatic heterocycles. The van der Waals surface area contributed by atoms with Crippen LogP contribution in [0.2, 0.25) is 0 Å². The number of amides is 1. The first-order chi connectivity index (χ1) is 23.7. The Kier molecular flexibility index (Phi) is 11.9. The van der Waals surface area contributed by atoms with Gasteiger partial charge in [-0.15, -0.1) is 0 Å². The number of anilines is 2. The van der Waals surface area contributed by atoms with Crippen molar-refractivity contribution in [3.63, 3.8) is 0 Å². The number of fused-ring (bicyclic) bond motifs is 1. The molecule has 0 spiro atoms. The number of nitrogen functional groups attached to an aromatic ring is 2. The summed E-state index contributed by atoms with van der Waals surface area (Å²) in [6.45, 7) is 6.86. The zero-order valence-electron chi connectivity index (χ0n) is 28.5. The highest BCUT2D eigenvalue weighted by atomic mass is 31.2. The summed E-state index contributed by atoms with van der Waals surface area (Å²) in [4.78, 5) is 53.2. The lowest BCUT2D eigenvalue weighted by Gasteiger charge is -2.26. The second kappa shape index (κ2) is 15.7. The Balaban J connectivity index is 1.36. The Labute approximate surface area is 287 Å². The SMILES string of the molecule is CO[C@@H]1[C@H](OP(=O)(O)OC(C)C)[C@@H](CNC(=O)C[C@H]2[C@@H](OC)[C@H](n3cnc4c(N)ncnc43)O[C@@H]2COC(C)C)O[C@H]1n1ccc(N)nc1=O.